The normalized spacial score (nSPS) is 15.0. The van der Waals surface area contributed by atoms with Gasteiger partial charge in [0.05, 0.1) is 12.2 Å². The molecule has 2 aromatic carbocycles. The summed E-state index contributed by atoms with van der Waals surface area (Å²) in [4.78, 5) is 42.8. The fourth-order valence-electron chi connectivity index (χ4n) is 3.07. The van der Waals surface area contributed by atoms with E-state index in [1.54, 1.807) is 45.0 Å². The number of anilines is 1. The van der Waals surface area contributed by atoms with E-state index in [0.717, 1.165) is 0 Å². The van der Waals surface area contributed by atoms with Gasteiger partial charge in [0, 0.05) is 11.3 Å². The van der Waals surface area contributed by atoms with Crippen LogP contribution in [0.2, 0.25) is 0 Å². The Morgan fingerprint density at radius 3 is 2.33 bits per heavy atom. The standard InChI is InChI=1S/C22H22FN3O4/c1-4-30-21(29)15-7-11-17(12-8-15)24-18(27)13-26-20(28)19(25-22(26,2)3)14-5-9-16(23)10-6-14/h5-12H,4,13H2,1-3H3,(H,24,27). The molecule has 0 aliphatic carbocycles. The number of aliphatic imine (C=N–C) groups is 1. The Labute approximate surface area is 173 Å². The molecule has 0 fully saturated rings. The molecule has 1 aliphatic heterocycles. The highest BCUT2D eigenvalue weighted by Gasteiger charge is 2.41. The molecule has 0 atom stereocenters. The fourth-order valence-corrected chi connectivity index (χ4v) is 3.07. The van der Waals surface area contributed by atoms with Crippen molar-refractivity contribution in [3.05, 3.63) is 65.5 Å². The van der Waals surface area contributed by atoms with E-state index >= 15 is 0 Å². The molecule has 30 heavy (non-hydrogen) atoms. The number of esters is 1. The van der Waals surface area contributed by atoms with E-state index in [2.05, 4.69) is 10.3 Å². The van der Waals surface area contributed by atoms with Gasteiger partial charge in [0.1, 0.15) is 23.7 Å². The van der Waals surface area contributed by atoms with Crippen molar-refractivity contribution in [3.63, 3.8) is 0 Å². The molecular formula is C22H22FN3O4. The maximum atomic E-state index is 13.2. The van der Waals surface area contributed by atoms with Crippen molar-refractivity contribution in [3.8, 4) is 0 Å². The minimum Gasteiger partial charge on any atom is -0.462 e. The summed E-state index contributed by atoms with van der Waals surface area (Å²) in [7, 11) is 0. The fraction of sp³-hybridized carbons (Fsp3) is 0.273. The van der Waals surface area contributed by atoms with Crippen LogP contribution in [0.4, 0.5) is 10.1 Å². The summed E-state index contributed by atoms with van der Waals surface area (Å²) >= 11 is 0. The zero-order chi connectivity index (χ0) is 21.9. The second kappa shape index (κ2) is 8.44. The Hall–Kier alpha value is -3.55. The van der Waals surface area contributed by atoms with Gasteiger partial charge in [-0.15, -0.1) is 0 Å². The second-order valence-electron chi connectivity index (χ2n) is 7.20. The van der Waals surface area contributed by atoms with Crippen LogP contribution in [0, 0.1) is 5.82 Å². The lowest BCUT2D eigenvalue weighted by Gasteiger charge is -2.28. The van der Waals surface area contributed by atoms with Crippen molar-refractivity contribution in [2.75, 3.05) is 18.5 Å². The predicted molar refractivity (Wildman–Crippen MR) is 110 cm³/mol. The quantitative estimate of drug-likeness (QED) is 0.740. The maximum Gasteiger partial charge on any atom is 0.338 e. The van der Waals surface area contributed by atoms with E-state index in [0.29, 0.717) is 16.8 Å². The SMILES string of the molecule is CCOC(=O)c1ccc(NC(=O)CN2C(=O)C(c3ccc(F)cc3)=NC2(C)C)cc1. The number of carbonyl (C=O) groups is 3. The average Bonchev–Trinajstić information content (AvgIpc) is 2.93. The van der Waals surface area contributed by atoms with Gasteiger partial charge < -0.3 is 15.0 Å². The third kappa shape index (κ3) is 4.53. The molecule has 0 radical (unpaired) electrons. The number of halogens is 1. The smallest absolute Gasteiger partial charge is 0.338 e. The Morgan fingerprint density at radius 1 is 1.10 bits per heavy atom. The minimum absolute atomic E-state index is 0.187. The largest absolute Gasteiger partial charge is 0.462 e. The molecule has 0 unspecified atom stereocenters. The molecule has 1 heterocycles. The molecule has 3 rings (SSSR count). The molecule has 156 valence electrons. The Kier molecular flexibility index (Phi) is 5.96. The predicted octanol–water partition coefficient (Wildman–Crippen LogP) is 3.01. The minimum atomic E-state index is -0.925. The monoisotopic (exact) mass is 411 g/mol. The van der Waals surface area contributed by atoms with Crippen molar-refractivity contribution in [1.29, 1.82) is 0 Å². The van der Waals surface area contributed by atoms with E-state index in [-0.39, 0.29) is 18.9 Å². The number of amides is 2. The Bertz CT molecular complexity index is 998. The zero-order valence-corrected chi connectivity index (χ0v) is 16.9. The van der Waals surface area contributed by atoms with Gasteiger partial charge in [0.2, 0.25) is 5.91 Å². The highest BCUT2D eigenvalue weighted by atomic mass is 19.1. The third-order valence-electron chi connectivity index (χ3n) is 4.59. The summed E-state index contributed by atoms with van der Waals surface area (Å²) < 4.78 is 18.1. The molecule has 1 N–H and O–H groups in total. The number of ether oxygens (including phenoxy) is 1. The van der Waals surface area contributed by atoms with Crippen molar-refractivity contribution in [2.24, 2.45) is 4.99 Å². The first-order valence-corrected chi connectivity index (χ1v) is 9.46. The molecule has 7 nitrogen and oxygen atoms in total. The van der Waals surface area contributed by atoms with Crippen LogP contribution < -0.4 is 5.32 Å². The lowest BCUT2D eigenvalue weighted by molar-refractivity contribution is -0.131. The van der Waals surface area contributed by atoms with Crippen molar-refractivity contribution >= 4 is 29.2 Å². The summed E-state index contributed by atoms with van der Waals surface area (Å²) in [5.41, 5.74) is 0.616. The van der Waals surface area contributed by atoms with Crippen LogP contribution >= 0.6 is 0 Å². The highest BCUT2D eigenvalue weighted by molar-refractivity contribution is 6.47. The molecule has 0 bridgehead atoms. The number of carbonyl (C=O) groups excluding carboxylic acids is 3. The number of nitrogens with one attached hydrogen (secondary N) is 1. The Balaban J connectivity index is 1.67. The molecule has 0 spiro atoms. The van der Waals surface area contributed by atoms with Gasteiger partial charge in [0.25, 0.3) is 5.91 Å². The average molecular weight is 411 g/mol. The molecule has 0 aromatic heterocycles. The Morgan fingerprint density at radius 2 is 1.73 bits per heavy atom. The summed E-state index contributed by atoms with van der Waals surface area (Å²) in [6, 6.07) is 11.8. The van der Waals surface area contributed by atoms with E-state index in [1.165, 1.54) is 29.2 Å². The van der Waals surface area contributed by atoms with Gasteiger partial charge >= 0.3 is 5.97 Å². The number of benzene rings is 2. The van der Waals surface area contributed by atoms with Gasteiger partial charge in [-0.3, -0.25) is 14.6 Å². The van der Waals surface area contributed by atoms with Crippen LogP contribution in [0.5, 0.6) is 0 Å². The first-order valence-electron chi connectivity index (χ1n) is 9.46. The number of nitrogens with zero attached hydrogens (tertiary/aromatic N) is 2. The molecule has 2 amide bonds. The molecular weight excluding hydrogens is 389 g/mol. The lowest BCUT2D eigenvalue weighted by Crippen LogP contribution is -2.46. The zero-order valence-electron chi connectivity index (χ0n) is 16.9. The number of hydrogen-bond donors (Lipinski definition) is 1. The summed E-state index contributed by atoms with van der Waals surface area (Å²) in [6.07, 6.45) is 0. The van der Waals surface area contributed by atoms with Crippen molar-refractivity contribution in [1.82, 2.24) is 4.90 Å². The number of hydrogen-bond acceptors (Lipinski definition) is 5. The summed E-state index contributed by atoms with van der Waals surface area (Å²) in [5, 5.41) is 2.70. The molecule has 2 aromatic rings. The van der Waals surface area contributed by atoms with Crippen LogP contribution in [-0.2, 0) is 14.3 Å². The molecule has 0 saturated carbocycles. The molecule has 8 heteroatoms. The van der Waals surface area contributed by atoms with Crippen LogP contribution in [0.1, 0.15) is 36.7 Å². The van der Waals surface area contributed by atoms with Crippen LogP contribution in [0.25, 0.3) is 0 Å². The van der Waals surface area contributed by atoms with Crippen LogP contribution in [-0.4, -0.2) is 47.2 Å². The van der Waals surface area contributed by atoms with Gasteiger partial charge in [-0.1, -0.05) is 0 Å². The lowest BCUT2D eigenvalue weighted by atomic mass is 10.1. The molecule has 0 saturated heterocycles. The van der Waals surface area contributed by atoms with Gasteiger partial charge in [-0.25, -0.2) is 9.18 Å². The van der Waals surface area contributed by atoms with Crippen molar-refractivity contribution < 1.29 is 23.5 Å². The van der Waals surface area contributed by atoms with E-state index < -0.39 is 29.3 Å². The maximum absolute atomic E-state index is 13.2. The first-order chi connectivity index (χ1) is 14.2. The van der Waals surface area contributed by atoms with Crippen LogP contribution in [0.15, 0.2) is 53.5 Å². The summed E-state index contributed by atoms with van der Waals surface area (Å²) in [5.74, 6) is -1.66. The summed E-state index contributed by atoms with van der Waals surface area (Å²) in [6.45, 7) is 5.24. The van der Waals surface area contributed by atoms with Gasteiger partial charge in [-0.2, -0.15) is 0 Å². The van der Waals surface area contributed by atoms with Gasteiger partial charge in [0.15, 0.2) is 0 Å². The van der Waals surface area contributed by atoms with E-state index in [1.807, 2.05) is 0 Å². The topological polar surface area (TPSA) is 88.1 Å². The van der Waals surface area contributed by atoms with E-state index in [9.17, 15) is 18.8 Å². The number of rotatable bonds is 6. The van der Waals surface area contributed by atoms with Crippen LogP contribution in [0.3, 0.4) is 0 Å². The van der Waals surface area contributed by atoms with Crippen molar-refractivity contribution in [2.45, 2.75) is 26.4 Å². The van der Waals surface area contributed by atoms with Gasteiger partial charge in [-0.05, 0) is 69.3 Å². The third-order valence-corrected chi connectivity index (χ3v) is 4.59. The highest BCUT2D eigenvalue weighted by Crippen LogP contribution is 2.26. The molecule has 1 aliphatic rings. The van der Waals surface area contributed by atoms with E-state index in [4.69, 9.17) is 4.74 Å². The second-order valence-corrected chi connectivity index (χ2v) is 7.20. The first kappa shape index (κ1) is 21.2.